The lowest BCUT2D eigenvalue weighted by Crippen LogP contribution is -2.30. The van der Waals surface area contributed by atoms with Gasteiger partial charge >= 0.3 is 17.9 Å². The van der Waals surface area contributed by atoms with Gasteiger partial charge in [0.05, 0.1) is 0 Å². The van der Waals surface area contributed by atoms with E-state index in [9.17, 15) is 19.6 Å². The topological polar surface area (TPSA) is 108 Å². The fourth-order valence-corrected chi connectivity index (χ4v) is 7.40. The van der Waals surface area contributed by atoms with Crippen LogP contribution in [0.5, 0.6) is 0 Å². The molecule has 392 valence electrons. The van der Waals surface area contributed by atoms with Crippen LogP contribution in [0.25, 0.3) is 0 Å². The molecule has 0 aliphatic carbocycles. The molecule has 0 radical (unpaired) electrons. The van der Waals surface area contributed by atoms with E-state index in [1.54, 1.807) is 18.2 Å². The Labute approximate surface area is 422 Å². The molecule has 0 rings (SSSR count). The molecule has 69 heavy (non-hydrogen) atoms. The van der Waals surface area contributed by atoms with Crippen molar-refractivity contribution in [1.29, 1.82) is 0 Å². The summed E-state index contributed by atoms with van der Waals surface area (Å²) in [6.45, 7) is 6.26. The van der Waals surface area contributed by atoms with Crippen molar-refractivity contribution in [3.63, 3.8) is 0 Å². The van der Waals surface area contributed by atoms with Crippen LogP contribution in [0.1, 0.15) is 239 Å². The highest BCUT2D eigenvalue weighted by Crippen LogP contribution is 2.13. The van der Waals surface area contributed by atoms with E-state index in [0.29, 0.717) is 6.42 Å². The van der Waals surface area contributed by atoms with Crippen LogP contribution in [0.3, 0.4) is 0 Å². The maximum absolute atomic E-state index is 12.8. The molecule has 0 bridgehead atoms. The van der Waals surface area contributed by atoms with Gasteiger partial charge in [0.15, 0.2) is 11.9 Å². The van der Waals surface area contributed by atoms with Gasteiger partial charge < -0.3 is 19.1 Å². The first-order chi connectivity index (χ1) is 34.0. The minimum Gasteiger partial charge on any atom is -0.462 e. The molecule has 0 aromatic rings. The zero-order valence-corrected chi connectivity index (χ0v) is 44.2. The van der Waals surface area contributed by atoms with Gasteiger partial charge in [-0.25, -0.2) is 10.1 Å². The van der Waals surface area contributed by atoms with Crippen LogP contribution in [-0.4, -0.2) is 42.5 Å². The Morgan fingerprint density at radius 3 is 1.35 bits per heavy atom. The second-order valence-electron chi connectivity index (χ2n) is 18.2. The van der Waals surface area contributed by atoms with E-state index in [-0.39, 0.29) is 37.8 Å². The highest BCUT2D eigenvalue weighted by molar-refractivity contribution is 5.82. The molecule has 0 fully saturated rings. The second kappa shape index (κ2) is 54.8. The SMILES string of the molecule is CCCCC/C=C\C/C=C\CCCCCCCC(=O)OC(COC(=O)C=CC=C(C=CC=CC=CC=CCCCCCCCCC)OO)COC(=O)CCCCCCC/C=C\CCCCCCCC. The lowest BCUT2D eigenvalue weighted by molar-refractivity contribution is -0.198. The van der Waals surface area contributed by atoms with Gasteiger partial charge in [0.25, 0.3) is 0 Å². The molecule has 0 saturated carbocycles. The first-order valence-electron chi connectivity index (χ1n) is 27.8. The van der Waals surface area contributed by atoms with E-state index in [2.05, 4.69) is 74.3 Å². The van der Waals surface area contributed by atoms with Gasteiger partial charge in [-0.3, -0.25) is 9.59 Å². The Morgan fingerprint density at radius 1 is 0.406 bits per heavy atom. The molecule has 8 heteroatoms. The summed E-state index contributed by atoms with van der Waals surface area (Å²) < 4.78 is 16.5. The van der Waals surface area contributed by atoms with Gasteiger partial charge in [0, 0.05) is 18.9 Å². The summed E-state index contributed by atoms with van der Waals surface area (Å²) in [6.07, 6.45) is 69.8. The molecule has 1 N–H and O–H groups in total. The Hall–Kier alpha value is -4.17. The smallest absolute Gasteiger partial charge is 0.330 e. The van der Waals surface area contributed by atoms with Crippen molar-refractivity contribution in [3.8, 4) is 0 Å². The van der Waals surface area contributed by atoms with Crippen molar-refractivity contribution in [3.05, 3.63) is 109 Å². The normalized spacial score (nSPS) is 13.0. The van der Waals surface area contributed by atoms with E-state index >= 15 is 0 Å². The van der Waals surface area contributed by atoms with Gasteiger partial charge in [0.2, 0.25) is 0 Å². The molecule has 0 spiro atoms. The van der Waals surface area contributed by atoms with Gasteiger partial charge in [-0.1, -0.05) is 228 Å². The Morgan fingerprint density at radius 2 is 0.812 bits per heavy atom. The molecule has 1 unspecified atom stereocenters. The highest BCUT2D eigenvalue weighted by atomic mass is 17.1. The minimum atomic E-state index is -0.929. The summed E-state index contributed by atoms with van der Waals surface area (Å²) in [5.74, 6) is -1.35. The van der Waals surface area contributed by atoms with Crippen molar-refractivity contribution < 1.29 is 38.7 Å². The van der Waals surface area contributed by atoms with E-state index in [0.717, 1.165) is 83.5 Å². The third-order valence-corrected chi connectivity index (χ3v) is 11.6. The number of allylic oxidation sites excluding steroid dienone is 16. The van der Waals surface area contributed by atoms with E-state index < -0.39 is 18.0 Å². The van der Waals surface area contributed by atoms with Crippen molar-refractivity contribution in [2.45, 2.75) is 245 Å². The number of unbranched alkanes of at least 4 members (excludes halogenated alkanes) is 26. The van der Waals surface area contributed by atoms with Crippen molar-refractivity contribution in [1.82, 2.24) is 0 Å². The van der Waals surface area contributed by atoms with Crippen LogP contribution in [0.15, 0.2) is 109 Å². The van der Waals surface area contributed by atoms with Crippen molar-refractivity contribution >= 4 is 17.9 Å². The number of carbonyl (C=O) groups excluding carboxylic acids is 3. The zero-order valence-electron chi connectivity index (χ0n) is 44.2. The molecular formula is C61H100O8. The quantitative estimate of drug-likeness (QED) is 0.00739. The van der Waals surface area contributed by atoms with Crippen LogP contribution in [-0.2, 0) is 33.5 Å². The standard InChI is InChI=1S/C61H100O8/c1-4-7-10-13-16-19-22-25-28-31-34-37-40-43-46-50-57(69-65)51-49-54-60(63)67-56-58(68-61(64)53-48-45-42-39-36-33-30-27-24-21-18-15-12-9-6-3)55-66-59(62)52-47-44-41-38-35-32-29-26-23-20-17-14-11-8-5-2/h18,21,26-31,34,37,40,43,46,49-51,54,58,65H,4-17,19-20,22-25,32-33,35-36,38-39,41-42,44-45,47-48,52-53,55-56H2,1-3H3/b21-18-,29-26-,30-27-,31-28?,37-34?,43-40?,50-46?,54-49?,57-51?. The predicted octanol–water partition coefficient (Wildman–Crippen LogP) is 18.1. The van der Waals surface area contributed by atoms with Crippen LogP contribution in [0.4, 0.5) is 0 Å². The number of carbonyl (C=O) groups is 3. The largest absolute Gasteiger partial charge is 0.462 e. The molecular weight excluding hydrogens is 861 g/mol. The maximum atomic E-state index is 12.8. The third-order valence-electron chi connectivity index (χ3n) is 11.6. The molecule has 0 aromatic heterocycles. The number of ether oxygens (including phenoxy) is 3. The fraction of sp³-hybridized carbons (Fsp3) is 0.656. The summed E-state index contributed by atoms with van der Waals surface area (Å²) in [5.41, 5.74) is 0. The van der Waals surface area contributed by atoms with Gasteiger partial charge in [0.1, 0.15) is 13.2 Å². The molecule has 0 aliphatic heterocycles. The zero-order chi connectivity index (χ0) is 50.2. The first kappa shape index (κ1) is 64.8. The molecule has 0 amide bonds. The summed E-state index contributed by atoms with van der Waals surface area (Å²) in [7, 11) is 0. The van der Waals surface area contributed by atoms with Crippen molar-refractivity contribution in [2.75, 3.05) is 13.2 Å². The van der Waals surface area contributed by atoms with Crippen LogP contribution >= 0.6 is 0 Å². The summed E-state index contributed by atoms with van der Waals surface area (Å²) in [4.78, 5) is 42.5. The van der Waals surface area contributed by atoms with Gasteiger partial charge in [-0.05, 0) is 95.6 Å². The second-order valence-corrected chi connectivity index (χ2v) is 18.2. The maximum Gasteiger partial charge on any atom is 0.330 e. The Kier molecular flexibility index (Phi) is 51.5. The molecule has 8 nitrogen and oxygen atoms in total. The first-order valence-corrected chi connectivity index (χ1v) is 27.8. The fourth-order valence-electron chi connectivity index (χ4n) is 7.40. The Balaban J connectivity index is 4.82. The van der Waals surface area contributed by atoms with E-state index in [1.165, 1.54) is 134 Å². The van der Waals surface area contributed by atoms with E-state index in [4.69, 9.17) is 14.2 Å². The lowest BCUT2D eigenvalue weighted by atomic mass is 10.1. The van der Waals surface area contributed by atoms with Crippen LogP contribution in [0, 0.1) is 0 Å². The molecule has 1 atom stereocenters. The predicted molar refractivity (Wildman–Crippen MR) is 291 cm³/mol. The van der Waals surface area contributed by atoms with Crippen LogP contribution < -0.4 is 0 Å². The minimum absolute atomic E-state index is 0.112. The number of rotatable bonds is 49. The van der Waals surface area contributed by atoms with Gasteiger partial charge in [-0.15, -0.1) is 0 Å². The number of hydrogen-bond acceptors (Lipinski definition) is 8. The molecule has 0 heterocycles. The highest BCUT2D eigenvalue weighted by Gasteiger charge is 2.19. The molecule has 0 aliphatic rings. The molecule has 0 aromatic carbocycles. The third kappa shape index (κ3) is 51.5. The summed E-state index contributed by atoms with van der Waals surface area (Å²) in [5, 5.41) is 9.31. The summed E-state index contributed by atoms with van der Waals surface area (Å²) in [6, 6.07) is 0. The van der Waals surface area contributed by atoms with Crippen LogP contribution in [0.2, 0.25) is 0 Å². The number of esters is 3. The molecule has 0 saturated heterocycles. The Bertz CT molecular complexity index is 1460. The van der Waals surface area contributed by atoms with Crippen molar-refractivity contribution in [2.24, 2.45) is 0 Å². The number of hydrogen-bond donors (Lipinski definition) is 1. The lowest BCUT2D eigenvalue weighted by Gasteiger charge is -2.18. The average Bonchev–Trinajstić information content (AvgIpc) is 3.35. The average molecular weight is 961 g/mol. The van der Waals surface area contributed by atoms with Gasteiger partial charge in [-0.2, -0.15) is 0 Å². The summed E-state index contributed by atoms with van der Waals surface area (Å²) >= 11 is 0. The van der Waals surface area contributed by atoms with E-state index in [1.807, 2.05) is 18.2 Å². The monoisotopic (exact) mass is 961 g/mol.